The summed E-state index contributed by atoms with van der Waals surface area (Å²) in [6, 6.07) is 8.18. The van der Waals surface area contributed by atoms with Crippen LogP contribution < -0.4 is 5.14 Å². The fraction of sp³-hybridized carbons (Fsp3) is 0.167. The van der Waals surface area contributed by atoms with Gasteiger partial charge in [-0.05, 0) is 36.8 Å². The first-order valence-electron chi connectivity index (χ1n) is 8.26. The molecule has 0 aliphatic rings. The molecule has 3 rings (SSSR count). The minimum atomic E-state index is -4.53. The number of hydrogen-bond acceptors (Lipinski definition) is 7. The highest BCUT2D eigenvalue weighted by Crippen LogP contribution is 2.31. The van der Waals surface area contributed by atoms with Crippen LogP contribution in [0, 0.1) is 6.92 Å². The Kier molecular flexibility index (Phi) is 5.63. The third kappa shape index (κ3) is 4.83. The van der Waals surface area contributed by atoms with Gasteiger partial charge in [0.2, 0.25) is 15.8 Å². The van der Waals surface area contributed by atoms with E-state index < -0.39 is 34.3 Å². The number of alkyl halides is 3. The van der Waals surface area contributed by atoms with E-state index in [4.69, 9.17) is 14.4 Å². The van der Waals surface area contributed by atoms with E-state index in [-0.39, 0.29) is 27.7 Å². The minimum absolute atomic E-state index is 0.0674. The van der Waals surface area contributed by atoms with E-state index in [1.54, 1.807) is 0 Å². The summed E-state index contributed by atoms with van der Waals surface area (Å²) in [4.78, 5) is 15.8. The molecule has 30 heavy (non-hydrogen) atoms. The molecule has 1 heterocycles. The molecule has 0 atom stereocenters. The molecule has 0 saturated heterocycles. The van der Waals surface area contributed by atoms with Crippen LogP contribution in [0.5, 0.6) is 0 Å². The Morgan fingerprint density at radius 1 is 1.20 bits per heavy atom. The van der Waals surface area contributed by atoms with Crippen molar-refractivity contribution in [3.05, 3.63) is 65.0 Å². The molecule has 2 aromatic carbocycles. The van der Waals surface area contributed by atoms with Crippen molar-refractivity contribution in [2.24, 2.45) is 5.14 Å². The van der Waals surface area contributed by atoms with Crippen molar-refractivity contribution in [1.29, 1.82) is 0 Å². The number of ether oxygens (including phenoxy) is 1. The van der Waals surface area contributed by atoms with Crippen LogP contribution in [0.4, 0.5) is 13.2 Å². The molecular formula is C18H14F3N3O5S. The second-order valence-electron chi connectivity index (χ2n) is 6.19. The van der Waals surface area contributed by atoms with Gasteiger partial charge in [0, 0.05) is 5.56 Å². The van der Waals surface area contributed by atoms with Gasteiger partial charge < -0.3 is 9.26 Å². The molecule has 0 unspecified atom stereocenters. The van der Waals surface area contributed by atoms with Crippen molar-refractivity contribution in [1.82, 2.24) is 10.1 Å². The summed E-state index contributed by atoms with van der Waals surface area (Å²) in [6.07, 6.45) is -4.53. The molecular weight excluding hydrogens is 427 g/mol. The first kappa shape index (κ1) is 21.5. The number of primary sulfonamides is 1. The van der Waals surface area contributed by atoms with Gasteiger partial charge >= 0.3 is 12.1 Å². The SMILES string of the molecule is Cc1ccc(C(=O)OCc2nc(-c3cccc(C(F)(F)F)c3)no2)cc1S(N)(=O)=O. The van der Waals surface area contributed by atoms with Crippen LogP contribution in [0.15, 0.2) is 51.9 Å². The molecule has 0 spiro atoms. The Labute approximate surface area is 168 Å². The summed E-state index contributed by atoms with van der Waals surface area (Å²) in [5, 5.41) is 8.68. The van der Waals surface area contributed by atoms with E-state index in [1.165, 1.54) is 31.2 Å². The van der Waals surface area contributed by atoms with Gasteiger partial charge in [-0.3, -0.25) is 0 Å². The lowest BCUT2D eigenvalue weighted by atomic mass is 10.1. The summed E-state index contributed by atoms with van der Waals surface area (Å²) in [5.74, 6) is -1.15. The number of esters is 1. The molecule has 0 saturated carbocycles. The number of halogens is 3. The molecule has 0 fully saturated rings. The van der Waals surface area contributed by atoms with Gasteiger partial charge in [0.1, 0.15) is 0 Å². The predicted octanol–water partition coefficient (Wildman–Crippen LogP) is 3.07. The highest BCUT2D eigenvalue weighted by molar-refractivity contribution is 7.89. The van der Waals surface area contributed by atoms with Crippen LogP contribution in [0.3, 0.4) is 0 Å². The second-order valence-corrected chi connectivity index (χ2v) is 7.72. The number of nitrogens with zero attached hydrogens (tertiary/aromatic N) is 2. The van der Waals surface area contributed by atoms with E-state index in [0.29, 0.717) is 5.56 Å². The van der Waals surface area contributed by atoms with Gasteiger partial charge in [-0.25, -0.2) is 18.4 Å². The van der Waals surface area contributed by atoms with Crippen molar-refractivity contribution >= 4 is 16.0 Å². The monoisotopic (exact) mass is 441 g/mol. The van der Waals surface area contributed by atoms with E-state index in [9.17, 15) is 26.4 Å². The summed E-state index contributed by atoms with van der Waals surface area (Å²) in [6.45, 7) is 1.05. The zero-order valence-electron chi connectivity index (χ0n) is 15.3. The zero-order valence-corrected chi connectivity index (χ0v) is 16.1. The van der Waals surface area contributed by atoms with Crippen molar-refractivity contribution in [3.8, 4) is 11.4 Å². The maximum atomic E-state index is 12.8. The Morgan fingerprint density at radius 3 is 2.60 bits per heavy atom. The third-order valence-electron chi connectivity index (χ3n) is 3.97. The van der Waals surface area contributed by atoms with E-state index >= 15 is 0 Å². The number of rotatable bonds is 5. The Bertz CT molecular complexity index is 1210. The molecule has 0 radical (unpaired) electrons. The Balaban J connectivity index is 1.73. The third-order valence-corrected chi connectivity index (χ3v) is 5.03. The highest BCUT2D eigenvalue weighted by atomic mass is 32.2. The van der Waals surface area contributed by atoms with E-state index in [0.717, 1.165) is 18.2 Å². The van der Waals surface area contributed by atoms with Crippen LogP contribution in [-0.2, 0) is 27.5 Å². The van der Waals surface area contributed by atoms with Crippen molar-refractivity contribution in [2.75, 3.05) is 0 Å². The van der Waals surface area contributed by atoms with E-state index in [2.05, 4.69) is 10.1 Å². The number of nitrogens with two attached hydrogens (primary N) is 1. The lowest BCUT2D eigenvalue weighted by molar-refractivity contribution is -0.137. The number of carbonyl (C=O) groups excluding carboxylic acids is 1. The Hall–Kier alpha value is -3.25. The first-order chi connectivity index (χ1) is 13.9. The maximum absolute atomic E-state index is 12.8. The molecule has 0 amide bonds. The number of hydrogen-bond donors (Lipinski definition) is 1. The number of carbonyl (C=O) groups is 1. The lowest BCUT2D eigenvalue weighted by Crippen LogP contribution is -2.15. The smallest absolute Gasteiger partial charge is 0.416 e. The average Bonchev–Trinajstić information content (AvgIpc) is 3.14. The fourth-order valence-electron chi connectivity index (χ4n) is 2.51. The second kappa shape index (κ2) is 7.88. The number of benzene rings is 2. The van der Waals surface area contributed by atoms with Crippen LogP contribution in [0.1, 0.15) is 27.4 Å². The fourth-order valence-corrected chi connectivity index (χ4v) is 3.32. The lowest BCUT2D eigenvalue weighted by Gasteiger charge is -2.07. The van der Waals surface area contributed by atoms with Gasteiger partial charge in [-0.2, -0.15) is 18.2 Å². The summed E-state index contributed by atoms with van der Waals surface area (Å²) < 4.78 is 71.5. The minimum Gasteiger partial charge on any atom is -0.452 e. The molecule has 0 aliphatic carbocycles. The van der Waals surface area contributed by atoms with E-state index in [1.807, 2.05) is 0 Å². The van der Waals surface area contributed by atoms with Gasteiger partial charge in [0.05, 0.1) is 16.0 Å². The van der Waals surface area contributed by atoms with Gasteiger partial charge in [-0.1, -0.05) is 23.4 Å². The normalized spacial score (nSPS) is 12.0. The number of sulfonamides is 1. The average molecular weight is 441 g/mol. The zero-order chi connectivity index (χ0) is 22.1. The summed E-state index contributed by atoms with van der Waals surface area (Å²) in [5.41, 5.74) is -0.510. The standard InChI is InChI=1S/C18H14F3N3O5S/c1-10-5-6-12(8-14(10)30(22,26)27)17(25)28-9-15-23-16(24-29-15)11-3-2-4-13(7-11)18(19,20)21/h2-8H,9H2,1H3,(H2,22,26,27). The molecule has 2 N–H and O–H groups in total. The Morgan fingerprint density at radius 2 is 1.93 bits per heavy atom. The molecule has 0 bridgehead atoms. The number of aromatic nitrogens is 2. The van der Waals surface area contributed by atoms with Crippen LogP contribution in [-0.4, -0.2) is 24.5 Å². The van der Waals surface area contributed by atoms with Gasteiger partial charge in [0.15, 0.2) is 6.61 Å². The topological polar surface area (TPSA) is 125 Å². The van der Waals surface area contributed by atoms with Crippen molar-refractivity contribution < 1.29 is 35.6 Å². The largest absolute Gasteiger partial charge is 0.452 e. The summed E-state index contributed by atoms with van der Waals surface area (Å²) in [7, 11) is -4.03. The molecule has 1 aromatic heterocycles. The molecule has 12 heteroatoms. The molecule has 3 aromatic rings. The predicted molar refractivity (Wildman–Crippen MR) is 96.4 cm³/mol. The molecule has 8 nitrogen and oxygen atoms in total. The first-order valence-corrected chi connectivity index (χ1v) is 9.80. The van der Waals surface area contributed by atoms with Crippen molar-refractivity contribution in [2.45, 2.75) is 24.6 Å². The quantitative estimate of drug-likeness (QED) is 0.603. The van der Waals surface area contributed by atoms with Gasteiger partial charge in [0.25, 0.3) is 5.89 Å². The van der Waals surface area contributed by atoms with Crippen LogP contribution in [0.25, 0.3) is 11.4 Å². The van der Waals surface area contributed by atoms with Crippen molar-refractivity contribution in [3.63, 3.8) is 0 Å². The summed E-state index contributed by atoms with van der Waals surface area (Å²) >= 11 is 0. The van der Waals surface area contributed by atoms with Gasteiger partial charge in [-0.15, -0.1) is 0 Å². The molecule has 158 valence electrons. The number of aryl methyl sites for hydroxylation is 1. The highest BCUT2D eigenvalue weighted by Gasteiger charge is 2.30. The van der Waals surface area contributed by atoms with Crippen LogP contribution in [0.2, 0.25) is 0 Å². The van der Waals surface area contributed by atoms with Crippen LogP contribution >= 0.6 is 0 Å². The maximum Gasteiger partial charge on any atom is 0.416 e. The molecule has 0 aliphatic heterocycles.